The first kappa shape index (κ1) is 24.7. The van der Waals surface area contributed by atoms with Crippen molar-refractivity contribution < 1.29 is 23.1 Å². The Morgan fingerprint density at radius 1 is 1.24 bits per heavy atom. The van der Waals surface area contributed by atoms with Crippen LogP contribution in [0, 0.1) is 11.6 Å². The molecule has 0 aromatic heterocycles. The van der Waals surface area contributed by atoms with Crippen molar-refractivity contribution in [2.45, 2.75) is 30.7 Å². The molecule has 0 saturated heterocycles. The predicted molar refractivity (Wildman–Crippen MR) is 125 cm³/mol. The van der Waals surface area contributed by atoms with Gasteiger partial charge in [-0.2, -0.15) is 5.10 Å². The largest absolute Gasteiger partial charge is 0.398 e. The van der Waals surface area contributed by atoms with Gasteiger partial charge in [-0.3, -0.25) is 4.79 Å². The van der Waals surface area contributed by atoms with Crippen LogP contribution in [0.15, 0.2) is 58.8 Å². The van der Waals surface area contributed by atoms with E-state index >= 15 is 0 Å². The minimum absolute atomic E-state index is 0.0138. The third-order valence-corrected chi connectivity index (χ3v) is 6.73. The molecule has 10 heteroatoms. The molecule has 0 radical (unpaired) electrons. The Bertz CT molecular complexity index is 1050. The average molecular weight is 477 g/mol. The summed E-state index contributed by atoms with van der Waals surface area (Å²) in [4.78, 5) is 17.2. The molecule has 176 valence electrons. The number of hydrogen-bond donors (Lipinski definition) is 1. The van der Waals surface area contributed by atoms with Gasteiger partial charge in [-0.1, -0.05) is 47.2 Å². The maximum absolute atomic E-state index is 14.7. The van der Waals surface area contributed by atoms with Crippen molar-refractivity contribution in [3.63, 3.8) is 0 Å². The van der Waals surface area contributed by atoms with E-state index in [4.69, 9.17) is 9.57 Å². The number of benzene rings is 2. The number of nitrogens with one attached hydrogen (secondary N) is 1. The predicted octanol–water partition coefficient (Wildman–Crippen LogP) is 4.05. The fraction of sp³-hybridized carbons (Fsp3) is 0.348. The highest BCUT2D eigenvalue weighted by Crippen LogP contribution is 2.51. The second kappa shape index (κ2) is 10.8. The van der Waals surface area contributed by atoms with Crippen molar-refractivity contribution in [1.29, 1.82) is 0 Å². The molecule has 1 unspecified atom stereocenters. The Kier molecular flexibility index (Phi) is 8.04. The Morgan fingerprint density at radius 2 is 1.97 bits per heavy atom. The number of rotatable bonds is 8. The molecule has 0 spiro atoms. The SMILES string of the molecule is CN/C(CCC1(c2ccccc2)SC(c2cc(F)ccc2F)=NN1C(=O)[C@H](C)OC)=N/OC. The molecule has 0 saturated carbocycles. The Morgan fingerprint density at radius 3 is 2.61 bits per heavy atom. The van der Waals surface area contributed by atoms with Crippen LogP contribution in [0.2, 0.25) is 0 Å². The lowest BCUT2D eigenvalue weighted by molar-refractivity contribution is -0.144. The number of nitrogens with zero attached hydrogens (tertiary/aromatic N) is 3. The number of halogens is 2. The van der Waals surface area contributed by atoms with Crippen LogP contribution in [0.3, 0.4) is 0 Å². The van der Waals surface area contributed by atoms with Gasteiger partial charge in [-0.15, -0.1) is 0 Å². The minimum Gasteiger partial charge on any atom is -0.398 e. The van der Waals surface area contributed by atoms with E-state index in [0.29, 0.717) is 18.7 Å². The summed E-state index contributed by atoms with van der Waals surface area (Å²) in [5.74, 6) is -1.07. The van der Waals surface area contributed by atoms with Crippen molar-refractivity contribution in [3.05, 3.63) is 71.3 Å². The van der Waals surface area contributed by atoms with Gasteiger partial charge in [0, 0.05) is 26.1 Å². The summed E-state index contributed by atoms with van der Waals surface area (Å²) in [6.07, 6.45) is -0.0478. The third kappa shape index (κ3) is 5.17. The van der Waals surface area contributed by atoms with Gasteiger partial charge in [0.05, 0.1) is 0 Å². The maximum Gasteiger partial charge on any atom is 0.273 e. The fourth-order valence-electron chi connectivity index (χ4n) is 3.46. The standard InChI is InChI=1S/C23H26F2N4O3S/c1-15(31-3)22(30)29-23(16-8-6-5-7-9-16,13-12-20(26-2)28-32-4)33-21(27-29)18-14-17(24)10-11-19(18)25/h5-11,14-15H,12-13H2,1-4H3,(H,26,28)/t15-,23?/m0/s1. The maximum atomic E-state index is 14.7. The quantitative estimate of drug-likeness (QED) is 0.354. The van der Waals surface area contributed by atoms with E-state index in [1.807, 2.05) is 30.3 Å². The molecule has 7 nitrogen and oxygen atoms in total. The molecule has 3 rings (SSSR count). The van der Waals surface area contributed by atoms with E-state index in [1.165, 1.54) is 31.0 Å². The summed E-state index contributed by atoms with van der Waals surface area (Å²) in [6, 6.07) is 12.5. The fourth-order valence-corrected chi connectivity index (χ4v) is 4.85. The van der Waals surface area contributed by atoms with E-state index in [9.17, 15) is 13.6 Å². The summed E-state index contributed by atoms with van der Waals surface area (Å²) in [7, 11) is 4.59. The molecule has 2 aromatic carbocycles. The van der Waals surface area contributed by atoms with Crippen molar-refractivity contribution in [3.8, 4) is 0 Å². The lowest BCUT2D eigenvalue weighted by Gasteiger charge is -2.37. The highest BCUT2D eigenvalue weighted by atomic mass is 32.2. The lowest BCUT2D eigenvalue weighted by atomic mass is 9.99. The summed E-state index contributed by atoms with van der Waals surface area (Å²) < 4.78 is 33.9. The summed E-state index contributed by atoms with van der Waals surface area (Å²) in [5, 5.41) is 13.0. The van der Waals surface area contributed by atoms with Gasteiger partial charge in [-0.25, -0.2) is 13.8 Å². The van der Waals surface area contributed by atoms with Gasteiger partial charge >= 0.3 is 0 Å². The molecular weight excluding hydrogens is 450 g/mol. The van der Waals surface area contributed by atoms with Gasteiger partial charge in [0.25, 0.3) is 5.91 Å². The molecule has 2 atom stereocenters. The Labute approximate surface area is 195 Å². The zero-order valence-corrected chi connectivity index (χ0v) is 19.7. The van der Waals surface area contributed by atoms with E-state index < -0.39 is 28.5 Å². The summed E-state index contributed by atoms with van der Waals surface area (Å²) in [6.45, 7) is 1.62. The molecule has 1 heterocycles. The summed E-state index contributed by atoms with van der Waals surface area (Å²) >= 11 is 1.19. The Balaban J connectivity index is 2.15. The zero-order chi connectivity index (χ0) is 24.0. The van der Waals surface area contributed by atoms with Gasteiger partial charge < -0.3 is 14.9 Å². The molecule has 1 N–H and O–H groups in total. The van der Waals surface area contributed by atoms with E-state index in [2.05, 4.69) is 15.6 Å². The Hall–Kier alpha value is -2.98. The van der Waals surface area contributed by atoms with Crippen LogP contribution < -0.4 is 5.32 Å². The van der Waals surface area contributed by atoms with Crippen molar-refractivity contribution in [2.24, 2.45) is 10.3 Å². The first-order valence-electron chi connectivity index (χ1n) is 10.3. The molecule has 1 aliphatic rings. The van der Waals surface area contributed by atoms with E-state index in [0.717, 1.165) is 23.8 Å². The lowest BCUT2D eigenvalue weighted by Crippen LogP contribution is -2.46. The first-order chi connectivity index (χ1) is 15.9. The van der Waals surface area contributed by atoms with Crippen LogP contribution in [0.4, 0.5) is 8.78 Å². The molecule has 2 aromatic rings. The number of carbonyl (C=O) groups is 1. The molecule has 1 amide bonds. The van der Waals surface area contributed by atoms with E-state index in [1.54, 1.807) is 14.0 Å². The molecular formula is C23H26F2N4O3S. The smallest absolute Gasteiger partial charge is 0.273 e. The van der Waals surface area contributed by atoms with Gasteiger partial charge in [0.15, 0.2) is 0 Å². The van der Waals surface area contributed by atoms with Crippen LogP contribution in [-0.2, 0) is 19.2 Å². The number of amides is 1. The third-order valence-electron chi connectivity index (χ3n) is 5.28. The topological polar surface area (TPSA) is 75.5 Å². The number of hydrazone groups is 1. The average Bonchev–Trinajstić information content (AvgIpc) is 3.23. The molecule has 0 aliphatic carbocycles. The van der Waals surface area contributed by atoms with Crippen LogP contribution in [0.25, 0.3) is 0 Å². The molecule has 33 heavy (non-hydrogen) atoms. The molecule has 1 aliphatic heterocycles. The highest BCUT2D eigenvalue weighted by Gasteiger charge is 2.49. The second-order valence-corrected chi connectivity index (χ2v) is 8.55. The van der Waals surface area contributed by atoms with Gasteiger partial charge in [-0.05, 0) is 37.1 Å². The number of amidine groups is 1. The zero-order valence-electron chi connectivity index (χ0n) is 18.8. The van der Waals surface area contributed by atoms with Crippen molar-refractivity contribution in [1.82, 2.24) is 10.3 Å². The second-order valence-electron chi connectivity index (χ2n) is 7.28. The van der Waals surface area contributed by atoms with Crippen molar-refractivity contribution >= 4 is 28.5 Å². The number of oxime groups is 1. The van der Waals surface area contributed by atoms with Crippen LogP contribution >= 0.6 is 11.8 Å². The van der Waals surface area contributed by atoms with Gasteiger partial charge in [0.1, 0.15) is 40.6 Å². The monoisotopic (exact) mass is 476 g/mol. The number of thioether (sulfide) groups is 1. The van der Waals surface area contributed by atoms with E-state index in [-0.39, 0.29) is 10.6 Å². The first-order valence-corrected chi connectivity index (χ1v) is 11.1. The molecule has 0 bridgehead atoms. The molecule has 0 fully saturated rings. The highest BCUT2D eigenvalue weighted by molar-refractivity contribution is 8.15. The van der Waals surface area contributed by atoms with Crippen LogP contribution in [-0.4, -0.2) is 49.2 Å². The number of carbonyl (C=O) groups excluding carboxylic acids is 1. The normalized spacial score (nSPS) is 19.3. The van der Waals surface area contributed by atoms with Crippen LogP contribution in [0.5, 0.6) is 0 Å². The van der Waals surface area contributed by atoms with Gasteiger partial charge in [0.2, 0.25) is 0 Å². The van der Waals surface area contributed by atoms with Crippen molar-refractivity contribution in [2.75, 3.05) is 21.3 Å². The number of ether oxygens (including phenoxy) is 1. The number of methoxy groups -OCH3 is 1. The van der Waals surface area contributed by atoms with Crippen LogP contribution in [0.1, 0.15) is 30.9 Å². The number of hydrogen-bond acceptors (Lipinski definition) is 6. The minimum atomic E-state index is -1.05. The summed E-state index contributed by atoms with van der Waals surface area (Å²) in [5.41, 5.74) is 0.759.